The summed E-state index contributed by atoms with van der Waals surface area (Å²) >= 11 is 5.18. The van der Waals surface area contributed by atoms with Crippen molar-refractivity contribution in [2.75, 3.05) is 6.54 Å². The number of carbonyl (C=O) groups excluding carboxylic acids is 1. The van der Waals surface area contributed by atoms with E-state index in [1.807, 2.05) is 20.8 Å². The Hall–Kier alpha value is -0.590. The highest BCUT2D eigenvalue weighted by Crippen LogP contribution is 2.19. The molecule has 0 spiro atoms. The molecule has 0 aliphatic carbocycles. The summed E-state index contributed by atoms with van der Waals surface area (Å²) < 4.78 is 6.36. The molecule has 1 heterocycles. The SMILES string of the molecule is CCCC(CNC(=O)OC(C)(C)C)NCc1cc(Br)cs1. The maximum atomic E-state index is 11.7. The largest absolute Gasteiger partial charge is 0.444 e. The van der Waals surface area contributed by atoms with Crippen molar-refractivity contribution in [2.45, 2.75) is 58.7 Å². The molecule has 4 nitrogen and oxygen atoms in total. The molecule has 21 heavy (non-hydrogen) atoms. The Balaban J connectivity index is 2.37. The molecule has 0 radical (unpaired) electrons. The molecular weight excluding hydrogens is 352 g/mol. The van der Waals surface area contributed by atoms with Gasteiger partial charge in [0, 0.05) is 33.9 Å². The molecule has 0 aliphatic heterocycles. The van der Waals surface area contributed by atoms with Gasteiger partial charge >= 0.3 is 6.09 Å². The van der Waals surface area contributed by atoms with E-state index in [4.69, 9.17) is 4.74 Å². The van der Waals surface area contributed by atoms with E-state index in [1.54, 1.807) is 11.3 Å². The highest BCUT2D eigenvalue weighted by Gasteiger charge is 2.17. The van der Waals surface area contributed by atoms with E-state index in [0.717, 1.165) is 23.9 Å². The van der Waals surface area contributed by atoms with Gasteiger partial charge in [-0.15, -0.1) is 11.3 Å². The molecular formula is C15H25BrN2O2S. The normalized spacial score (nSPS) is 13.0. The van der Waals surface area contributed by atoms with Gasteiger partial charge in [0.05, 0.1) is 0 Å². The minimum absolute atomic E-state index is 0.253. The molecule has 1 amide bonds. The standard InChI is InChI=1S/C15H25BrN2O2S/c1-5-6-12(8-18-14(19)20-15(2,3)4)17-9-13-7-11(16)10-21-13/h7,10,12,17H,5-6,8-9H2,1-4H3,(H,18,19). The third-order valence-electron chi connectivity index (χ3n) is 2.72. The first-order valence-electron chi connectivity index (χ1n) is 7.23. The summed E-state index contributed by atoms with van der Waals surface area (Å²) in [4.78, 5) is 13.0. The number of halogens is 1. The lowest BCUT2D eigenvalue weighted by Crippen LogP contribution is -2.42. The van der Waals surface area contributed by atoms with Crippen LogP contribution < -0.4 is 10.6 Å². The quantitative estimate of drug-likeness (QED) is 0.745. The summed E-state index contributed by atoms with van der Waals surface area (Å²) in [5.74, 6) is 0. The summed E-state index contributed by atoms with van der Waals surface area (Å²) in [7, 11) is 0. The van der Waals surface area contributed by atoms with E-state index in [-0.39, 0.29) is 12.1 Å². The van der Waals surface area contributed by atoms with Crippen molar-refractivity contribution >= 4 is 33.4 Å². The first-order valence-corrected chi connectivity index (χ1v) is 8.90. The van der Waals surface area contributed by atoms with Gasteiger partial charge < -0.3 is 15.4 Å². The van der Waals surface area contributed by atoms with Crippen LogP contribution in [0.15, 0.2) is 15.9 Å². The van der Waals surface area contributed by atoms with Gasteiger partial charge in [-0.3, -0.25) is 0 Å². The summed E-state index contributed by atoms with van der Waals surface area (Å²) in [6.45, 7) is 9.13. The molecule has 6 heteroatoms. The number of ether oxygens (including phenoxy) is 1. The van der Waals surface area contributed by atoms with Crippen molar-refractivity contribution in [1.82, 2.24) is 10.6 Å². The van der Waals surface area contributed by atoms with Gasteiger partial charge in [-0.25, -0.2) is 4.79 Å². The number of hydrogen-bond acceptors (Lipinski definition) is 4. The van der Waals surface area contributed by atoms with Crippen molar-refractivity contribution in [3.8, 4) is 0 Å². The average Bonchev–Trinajstić information content (AvgIpc) is 2.76. The van der Waals surface area contributed by atoms with E-state index >= 15 is 0 Å². The van der Waals surface area contributed by atoms with Gasteiger partial charge in [0.25, 0.3) is 0 Å². The maximum Gasteiger partial charge on any atom is 0.407 e. The second-order valence-corrected chi connectivity index (χ2v) is 7.89. The monoisotopic (exact) mass is 376 g/mol. The van der Waals surface area contributed by atoms with Gasteiger partial charge in [0.2, 0.25) is 0 Å². The molecule has 1 aromatic heterocycles. The van der Waals surface area contributed by atoms with Gasteiger partial charge in [0.15, 0.2) is 0 Å². The lowest BCUT2D eigenvalue weighted by Gasteiger charge is -2.22. The zero-order valence-electron chi connectivity index (χ0n) is 13.2. The van der Waals surface area contributed by atoms with Crippen molar-refractivity contribution in [2.24, 2.45) is 0 Å². The number of alkyl carbamates (subject to hydrolysis) is 1. The Morgan fingerprint density at radius 1 is 1.48 bits per heavy atom. The zero-order valence-corrected chi connectivity index (χ0v) is 15.6. The molecule has 120 valence electrons. The Labute approximate surface area is 139 Å². The van der Waals surface area contributed by atoms with Crippen molar-refractivity contribution in [1.29, 1.82) is 0 Å². The fourth-order valence-electron chi connectivity index (χ4n) is 1.84. The maximum absolute atomic E-state index is 11.7. The smallest absolute Gasteiger partial charge is 0.407 e. The van der Waals surface area contributed by atoms with E-state index in [2.05, 4.69) is 44.9 Å². The highest BCUT2D eigenvalue weighted by molar-refractivity contribution is 9.10. The first-order chi connectivity index (χ1) is 9.80. The average molecular weight is 377 g/mol. The molecule has 0 saturated carbocycles. The first kappa shape index (κ1) is 18.5. The van der Waals surface area contributed by atoms with Gasteiger partial charge in [-0.2, -0.15) is 0 Å². The second kappa shape index (κ2) is 8.76. The Morgan fingerprint density at radius 3 is 2.71 bits per heavy atom. The molecule has 0 fully saturated rings. The fraction of sp³-hybridized carbons (Fsp3) is 0.667. The van der Waals surface area contributed by atoms with E-state index in [0.29, 0.717) is 6.54 Å². The van der Waals surface area contributed by atoms with Crippen molar-refractivity contribution < 1.29 is 9.53 Å². The molecule has 1 unspecified atom stereocenters. The zero-order chi connectivity index (χ0) is 15.9. The summed E-state index contributed by atoms with van der Waals surface area (Å²) in [6.07, 6.45) is 1.73. The van der Waals surface area contributed by atoms with Crippen LogP contribution in [0.1, 0.15) is 45.4 Å². The Bertz CT molecular complexity index is 443. The van der Waals surface area contributed by atoms with Crippen LogP contribution >= 0.6 is 27.3 Å². The molecule has 1 rings (SSSR count). The molecule has 0 bridgehead atoms. The van der Waals surface area contributed by atoms with E-state index in [1.165, 1.54) is 4.88 Å². The Kier molecular flexibility index (Phi) is 7.70. The number of rotatable bonds is 7. The summed E-state index contributed by atoms with van der Waals surface area (Å²) in [6, 6.07) is 2.37. The van der Waals surface area contributed by atoms with Gasteiger partial charge in [0.1, 0.15) is 5.60 Å². The van der Waals surface area contributed by atoms with E-state index < -0.39 is 5.60 Å². The van der Waals surface area contributed by atoms with Crippen molar-refractivity contribution in [3.05, 3.63) is 20.8 Å². The molecule has 2 N–H and O–H groups in total. The third-order valence-corrected chi connectivity index (χ3v) is 4.41. The number of amides is 1. The topological polar surface area (TPSA) is 50.4 Å². The molecule has 0 aliphatic rings. The van der Waals surface area contributed by atoms with Crippen LogP contribution in [0.4, 0.5) is 4.79 Å². The van der Waals surface area contributed by atoms with Crippen LogP contribution in [-0.2, 0) is 11.3 Å². The number of thiophene rings is 1. The van der Waals surface area contributed by atoms with Crippen LogP contribution in [0.2, 0.25) is 0 Å². The van der Waals surface area contributed by atoms with Gasteiger partial charge in [-0.05, 0) is 49.2 Å². The Morgan fingerprint density at radius 2 is 2.19 bits per heavy atom. The number of hydrogen-bond donors (Lipinski definition) is 2. The second-order valence-electron chi connectivity index (χ2n) is 5.98. The van der Waals surface area contributed by atoms with E-state index in [9.17, 15) is 4.79 Å². The number of nitrogens with one attached hydrogen (secondary N) is 2. The highest BCUT2D eigenvalue weighted by atomic mass is 79.9. The van der Waals surface area contributed by atoms with Gasteiger partial charge in [-0.1, -0.05) is 13.3 Å². The molecule has 0 aromatic carbocycles. The van der Waals surface area contributed by atoms with Crippen LogP contribution in [0.5, 0.6) is 0 Å². The minimum atomic E-state index is -0.457. The van der Waals surface area contributed by atoms with Crippen LogP contribution in [-0.4, -0.2) is 24.3 Å². The summed E-state index contributed by atoms with van der Waals surface area (Å²) in [5, 5.41) is 8.40. The molecule has 0 saturated heterocycles. The van der Waals surface area contributed by atoms with Crippen LogP contribution in [0, 0.1) is 0 Å². The fourth-order valence-corrected chi connectivity index (χ4v) is 3.24. The number of carbonyl (C=O) groups is 1. The molecule has 1 atom stereocenters. The lowest BCUT2D eigenvalue weighted by atomic mass is 10.1. The van der Waals surface area contributed by atoms with Crippen LogP contribution in [0.3, 0.4) is 0 Å². The third kappa shape index (κ3) is 8.44. The van der Waals surface area contributed by atoms with Crippen molar-refractivity contribution in [3.63, 3.8) is 0 Å². The minimum Gasteiger partial charge on any atom is -0.444 e. The lowest BCUT2D eigenvalue weighted by molar-refractivity contribution is 0.0521. The predicted molar refractivity (Wildman–Crippen MR) is 91.8 cm³/mol. The van der Waals surface area contributed by atoms with Crippen LogP contribution in [0.25, 0.3) is 0 Å². The summed E-state index contributed by atoms with van der Waals surface area (Å²) in [5.41, 5.74) is -0.457. The molecule has 1 aromatic rings. The predicted octanol–water partition coefficient (Wildman–Crippen LogP) is 4.29.